The molecular formula is C20H20N4O3. The molecule has 1 aliphatic rings. The fraction of sp³-hybridized carbons (Fsp3) is 0.250. The molecule has 0 saturated carbocycles. The predicted octanol–water partition coefficient (Wildman–Crippen LogP) is 3.41. The van der Waals surface area contributed by atoms with Gasteiger partial charge in [-0.15, -0.1) is 0 Å². The molecule has 1 aromatic carbocycles. The molecule has 3 rings (SSSR count). The molecule has 2 heterocycles. The first-order chi connectivity index (χ1) is 13.0. The third-order valence-corrected chi connectivity index (χ3v) is 4.38. The molecule has 1 N–H and O–H groups in total. The highest BCUT2D eigenvalue weighted by Gasteiger charge is 2.22. The number of rotatable bonds is 4. The fourth-order valence-corrected chi connectivity index (χ4v) is 3.21. The average Bonchev–Trinajstić information content (AvgIpc) is 2.97. The number of hydrogen-bond acceptors (Lipinski definition) is 5. The number of aromatic carboxylic acids is 1. The smallest absolute Gasteiger partial charge is 0.337 e. The van der Waals surface area contributed by atoms with Crippen LogP contribution < -0.4 is 4.90 Å². The van der Waals surface area contributed by atoms with E-state index >= 15 is 0 Å². The van der Waals surface area contributed by atoms with E-state index in [1.54, 1.807) is 19.2 Å². The molecule has 0 spiro atoms. The van der Waals surface area contributed by atoms with Gasteiger partial charge in [-0.1, -0.05) is 12.1 Å². The Hall–Kier alpha value is -3.53. The van der Waals surface area contributed by atoms with E-state index in [2.05, 4.69) is 11.1 Å². The summed E-state index contributed by atoms with van der Waals surface area (Å²) in [5.74, 6) is -0.613. The van der Waals surface area contributed by atoms with Gasteiger partial charge in [-0.2, -0.15) is 5.26 Å². The van der Waals surface area contributed by atoms with Gasteiger partial charge in [-0.05, 0) is 39.0 Å². The molecular weight excluding hydrogens is 344 g/mol. The normalized spacial score (nSPS) is 13.6. The summed E-state index contributed by atoms with van der Waals surface area (Å²) in [6, 6.07) is 11.4. The molecule has 2 aromatic rings. The van der Waals surface area contributed by atoms with Crippen LogP contribution in [0.3, 0.4) is 0 Å². The molecule has 0 amide bonds. The van der Waals surface area contributed by atoms with Crippen LogP contribution in [0.5, 0.6) is 0 Å². The van der Waals surface area contributed by atoms with Gasteiger partial charge in [0, 0.05) is 17.6 Å². The van der Waals surface area contributed by atoms with Gasteiger partial charge in [-0.3, -0.25) is 0 Å². The number of aromatic nitrogens is 1. The molecule has 0 radical (unpaired) electrons. The minimum absolute atomic E-state index is 0.269. The van der Waals surface area contributed by atoms with E-state index in [0.717, 1.165) is 17.1 Å². The highest BCUT2D eigenvalue weighted by atomic mass is 16.5. The quantitative estimate of drug-likeness (QED) is 0.898. The molecule has 0 bridgehead atoms. The zero-order chi connectivity index (χ0) is 19.6. The number of carbonyl (C=O) groups is 1. The van der Waals surface area contributed by atoms with Gasteiger partial charge in [0.15, 0.2) is 0 Å². The second-order valence-corrected chi connectivity index (χ2v) is 6.08. The van der Waals surface area contributed by atoms with Crippen molar-refractivity contribution in [3.8, 4) is 11.8 Å². The number of benzene rings is 1. The van der Waals surface area contributed by atoms with Gasteiger partial charge >= 0.3 is 5.97 Å². The number of carboxylic acids is 1. The number of para-hydroxylation sites is 2. The largest absolute Gasteiger partial charge is 0.478 e. The van der Waals surface area contributed by atoms with E-state index in [1.165, 1.54) is 0 Å². The lowest BCUT2D eigenvalue weighted by Crippen LogP contribution is -2.26. The Balaban J connectivity index is 2.09. The Kier molecular flexibility index (Phi) is 4.99. The molecule has 0 unspecified atom stereocenters. The van der Waals surface area contributed by atoms with Crippen LogP contribution >= 0.6 is 0 Å². The van der Waals surface area contributed by atoms with Crippen LogP contribution in [-0.4, -0.2) is 34.8 Å². The molecule has 138 valence electrons. The first-order valence-corrected chi connectivity index (χ1v) is 8.55. The summed E-state index contributed by atoms with van der Waals surface area (Å²) in [7, 11) is 0. The maximum Gasteiger partial charge on any atom is 0.337 e. The molecule has 7 heteroatoms. The molecule has 0 atom stereocenters. The Bertz CT molecular complexity index is 995. The molecule has 0 aliphatic carbocycles. The summed E-state index contributed by atoms with van der Waals surface area (Å²) in [4.78, 5) is 17.7. The topological polar surface area (TPSA) is 90.8 Å². The first kappa shape index (κ1) is 18.3. The van der Waals surface area contributed by atoms with Crippen molar-refractivity contribution in [1.29, 1.82) is 5.26 Å². The summed E-state index contributed by atoms with van der Waals surface area (Å²) in [6.07, 6.45) is 1.71. The number of aliphatic imine (C=N–C) groups is 1. The Morgan fingerprint density at radius 1 is 1.33 bits per heavy atom. The maximum atomic E-state index is 11.5. The molecule has 1 aromatic heterocycles. The van der Waals surface area contributed by atoms with E-state index in [-0.39, 0.29) is 5.56 Å². The highest BCUT2D eigenvalue weighted by Crippen LogP contribution is 2.30. The molecule has 0 fully saturated rings. The van der Waals surface area contributed by atoms with E-state index in [1.807, 2.05) is 47.6 Å². The van der Waals surface area contributed by atoms with E-state index < -0.39 is 5.97 Å². The summed E-state index contributed by atoms with van der Waals surface area (Å²) in [5, 5.41) is 18.8. The summed E-state index contributed by atoms with van der Waals surface area (Å²) in [5.41, 5.74) is 3.73. The summed E-state index contributed by atoms with van der Waals surface area (Å²) >= 11 is 0. The van der Waals surface area contributed by atoms with Crippen LogP contribution in [0.2, 0.25) is 0 Å². The van der Waals surface area contributed by atoms with E-state index in [0.29, 0.717) is 30.4 Å². The van der Waals surface area contributed by atoms with Crippen LogP contribution in [0.1, 0.15) is 28.7 Å². The van der Waals surface area contributed by atoms with Gasteiger partial charge in [0.25, 0.3) is 0 Å². The number of aryl methyl sites for hydroxylation is 1. The van der Waals surface area contributed by atoms with E-state index in [4.69, 9.17) is 4.74 Å². The SMILES string of the molecule is CCOC1=NCN(c2ccccc2-n2c(C)cc(C(=O)O)c2C)C=C1C#N. The second-order valence-electron chi connectivity index (χ2n) is 6.08. The monoisotopic (exact) mass is 364 g/mol. The molecule has 7 nitrogen and oxygen atoms in total. The Labute approximate surface area is 157 Å². The third kappa shape index (κ3) is 3.29. The fourth-order valence-electron chi connectivity index (χ4n) is 3.21. The molecule has 0 saturated heterocycles. The van der Waals surface area contributed by atoms with Gasteiger partial charge in [0.05, 0.1) is 23.5 Å². The van der Waals surface area contributed by atoms with Crippen molar-refractivity contribution in [1.82, 2.24) is 4.57 Å². The zero-order valence-electron chi connectivity index (χ0n) is 15.4. The zero-order valence-corrected chi connectivity index (χ0v) is 15.4. The van der Waals surface area contributed by atoms with Crippen molar-refractivity contribution in [2.45, 2.75) is 20.8 Å². The highest BCUT2D eigenvalue weighted by molar-refractivity contribution is 5.99. The average molecular weight is 364 g/mol. The standard InChI is InChI=1S/C20H20N4O3/c1-4-27-19-15(10-21)11-23(12-22-19)17-7-5-6-8-18(17)24-13(2)9-16(14(24)3)20(25)26/h5-9,11H,4,12H2,1-3H3,(H,25,26). The second kappa shape index (κ2) is 7.38. The van der Waals surface area contributed by atoms with Crippen molar-refractivity contribution in [2.24, 2.45) is 4.99 Å². The van der Waals surface area contributed by atoms with Gasteiger partial charge in [-0.25, -0.2) is 9.79 Å². The van der Waals surface area contributed by atoms with Crippen molar-refractivity contribution < 1.29 is 14.6 Å². The minimum Gasteiger partial charge on any atom is -0.478 e. The minimum atomic E-state index is -0.956. The maximum absolute atomic E-state index is 11.5. The Morgan fingerprint density at radius 3 is 2.63 bits per heavy atom. The number of nitrogens with zero attached hydrogens (tertiary/aromatic N) is 4. The van der Waals surface area contributed by atoms with Gasteiger partial charge in [0.1, 0.15) is 18.3 Å². The van der Waals surface area contributed by atoms with Crippen molar-refractivity contribution >= 4 is 17.6 Å². The number of hydrogen-bond donors (Lipinski definition) is 1. The third-order valence-electron chi connectivity index (χ3n) is 4.38. The first-order valence-electron chi connectivity index (χ1n) is 8.55. The Morgan fingerprint density at radius 2 is 2.04 bits per heavy atom. The predicted molar refractivity (Wildman–Crippen MR) is 102 cm³/mol. The lowest BCUT2D eigenvalue weighted by molar-refractivity contribution is 0.0696. The lowest BCUT2D eigenvalue weighted by Gasteiger charge is -2.26. The summed E-state index contributed by atoms with van der Waals surface area (Å²) in [6.45, 7) is 6.24. The van der Waals surface area contributed by atoms with Crippen LogP contribution in [0.4, 0.5) is 5.69 Å². The van der Waals surface area contributed by atoms with Crippen LogP contribution in [0, 0.1) is 25.2 Å². The van der Waals surface area contributed by atoms with Crippen molar-refractivity contribution in [3.63, 3.8) is 0 Å². The van der Waals surface area contributed by atoms with Gasteiger partial charge < -0.3 is 19.3 Å². The van der Waals surface area contributed by atoms with Crippen molar-refractivity contribution in [2.75, 3.05) is 18.2 Å². The number of carboxylic acid groups (broad SMARTS) is 1. The van der Waals surface area contributed by atoms with Crippen LogP contribution in [0.25, 0.3) is 5.69 Å². The van der Waals surface area contributed by atoms with Crippen molar-refractivity contribution in [3.05, 3.63) is 59.1 Å². The van der Waals surface area contributed by atoms with Crippen LogP contribution in [-0.2, 0) is 4.74 Å². The van der Waals surface area contributed by atoms with E-state index in [9.17, 15) is 15.2 Å². The van der Waals surface area contributed by atoms with Crippen LogP contribution in [0.15, 0.2) is 47.1 Å². The lowest BCUT2D eigenvalue weighted by atomic mass is 10.2. The molecule has 1 aliphatic heterocycles. The number of ether oxygens (including phenoxy) is 1. The molecule has 27 heavy (non-hydrogen) atoms. The number of nitriles is 1. The van der Waals surface area contributed by atoms with Gasteiger partial charge in [0.2, 0.25) is 5.90 Å². The number of anilines is 1. The summed E-state index contributed by atoms with van der Waals surface area (Å²) < 4.78 is 7.32.